The Morgan fingerprint density at radius 2 is 2.07 bits per heavy atom. The lowest BCUT2D eigenvalue weighted by Crippen LogP contribution is -2.33. The third-order valence-corrected chi connectivity index (χ3v) is 2.03. The SMILES string of the molecule is CC(=O)NCCNC(=O)c1coc(Br)c1. The van der Waals surface area contributed by atoms with E-state index in [1.165, 1.54) is 13.2 Å². The van der Waals surface area contributed by atoms with Gasteiger partial charge in [0.05, 0.1) is 5.56 Å². The van der Waals surface area contributed by atoms with Crippen LogP contribution >= 0.6 is 15.9 Å². The average Bonchev–Trinajstić information content (AvgIpc) is 2.59. The topological polar surface area (TPSA) is 71.3 Å². The Labute approximate surface area is 95.3 Å². The molecule has 0 aliphatic heterocycles. The fourth-order valence-electron chi connectivity index (χ4n) is 0.946. The molecule has 0 aliphatic carbocycles. The molecule has 2 amide bonds. The molecule has 0 aliphatic rings. The van der Waals surface area contributed by atoms with Crippen LogP contribution in [-0.2, 0) is 4.79 Å². The van der Waals surface area contributed by atoms with Gasteiger partial charge in [0.2, 0.25) is 5.91 Å². The molecule has 0 atom stereocenters. The molecule has 5 nitrogen and oxygen atoms in total. The lowest BCUT2D eigenvalue weighted by Gasteiger charge is -2.03. The predicted octanol–water partition coefficient (Wildman–Crippen LogP) is 0.908. The smallest absolute Gasteiger partial charge is 0.254 e. The summed E-state index contributed by atoms with van der Waals surface area (Å²) in [5.74, 6) is -0.342. The standard InChI is InChI=1S/C9H11BrN2O3/c1-6(13)11-2-3-12-9(14)7-4-8(10)15-5-7/h4-5H,2-3H2,1H3,(H,11,13)(H,12,14). The summed E-state index contributed by atoms with van der Waals surface area (Å²) in [6, 6.07) is 1.58. The number of amides is 2. The second-order valence-corrected chi connectivity index (χ2v) is 3.66. The Kier molecular flexibility index (Phi) is 4.36. The molecule has 0 unspecified atom stereocenters. The quantitative estimate of drug-likeness (QED) is 0.802. The van der Waals surface area contributed by atoms with Crippen molar-refractivity contribution >= 4 is 27.7 Å². The molecule has 0 saturated heterocycles. The largest absolute Gasteiger partial charge is 0.457 e. The summed E-state index contributed by atoms with van der Waals surface area (Å²) >= 11 is 3.10. The van der Waals surface area contributed by atoms with Crippen molar-refractivity contribution in [1.29, 1.82) is 0 Å². The lowest BCUT2D eigenvalue weighted by molar-refractivity contribution is -0.118. The minimum absolute atomic E-state index is 0.115. The fourth-order valence-corrected chi connectivity index (χ4v) is 1.29. The number of hydrogen-bond acceptors (Lipinski definition) is 3. The number of hydrogen-bond donors (Lipinski definition) is 2. The van der Waals surface area contributed by atoms with Crippen LogP contribution in [0.5, 0.6) is 0 Å². The third-order valence-electron chi connectivity index (χ3n) is 1.61. The first-order valence-corrected chi connectivity index (χ1v) is 5.15. The second-order valence-electron chi connectivity index (χ2n) is 2.88. The molecule has 2 N–H and O–H groups in total. The van der Waals surface area contributed by atoms with E-state index in [9.17, 15) is 9.59 Å². The molecule has 82 valence electrons. The Balaban J connectivity index is 2.28. The summed E-state index contributed by atoms with van der Waals surface area (Å²) in [4.78, 5) is 21.9. The molecule has 1 heterocycles. The molecular weight excluding hydrogens is 264 g/mol. The summed E-state index contributed by atoms with van der Waals surface area (Å²) in [7, 11) is 0. The number of furan rings is 1. The van der Waals surface area contributed by atoms with Gasteiger partial charge >= 0.3 is 0 Å². The van der Waals surface area contributed by atoms with E-state index in [0.29, 0.717) is 23.3 Å². The Hall–Kier alpha value is -1.30. The van der Waals surface area contributed by atoms with Crippen LogP contribution in [-0.4, -0.2) is 24.9 Å². The molecule has 15 heavy (non-hydrogen) atoms. The van der Waals surface area contributed by atoms with Gasteiger partial charge in [-0.15, -0.1) is 0 Å². The monoisotopic (exact) mass is 274 g/mol. The maximum absolute atomic E-state index is 11.4. The van der Waals surface area contributed by atoms with Gasteiger partial charge in [-0.1, -0.05) is 0 Å². The van der Waals surface area contributed by atoms with Gasteiger partial charge in [0.15, 0.2) is 4.67 Å². The summed E-state index contributed by atoms with van der Waals surface area (Å²) in [6.45, 7) is 2.23. The Morgan fingerprint density at radius 3 is 2.60 bits per heavy atom. The zero-order valence-corrected chi connectivity index (χ0v) is 9.76. The lowest BCUT2D eigenvalue weighted by atomic mass is 10.3. The maximum Gasteiger partial charge on any atom is 0.254 e. The minimum atomic E-state index is -0.227. The van der Waals surface area contributed by atoms with Crippen LogP contribution in [0.15, 0.2) is 21.4 Å². The minimum Gasteiger partial charge on any atom is -0.457 e. The number of halogens is 1. The molecule has 0 saturated carbocycles. The highest BCUT2D eigenvalue weighted by Gasteiger charge is 2.07. The summed E-state index contributed by atoms with van der Waals surface area (Å²) in [6.07, 6.45) is 1.36. The highest BCUT2D eigenvalue weighted by atomic mass is 79.9. The van der Waals surface area contributed by atoms with E-state index in [0.717, 1.165) is 0 Å². The maximum atomic E-state index is 11.4. The zero-order valence-electron chi connectivity index (χ0n) is 8.17. The fraction of sp³-hybridized carbons (Fsp3) is 0.333. The van der Waals surface area contributed by atoms with Crippen molar-refractivity contribution in [2.75, 3.05) is 13.1 Å². The molecule has 6 heteroatoms. The normalized spacial score (nSPS) is 9.73. The van der Waals surface area contributed by atoms with E-state index in [1.807, 2.05) is 0 Å². The van der Waals surface area contributed by atoms with Gasteiger partial charge in [-0.25, -0.2) is 0 Å². The Morgan fingerprint density at radius 1 is 1.40 bits per heavy atom. The van der Waals surface area contributed by atoms with E-state index in [1.54, 1.807) is 6.07 Å². The van der Waals surface area contributed by atoms with Crippen LogP contribution in [0.1, 0.15) is 17.3 Å². The van der Waals surface area contributed by atoms with Crippen LogP contribution in [0.4, 0.5) is 0 Å². The van der Waals surface area contributed by atoms with E-state index in [4.69, 9.17) is 4.42 Å². The molecule has 1 aromatic rings. The van der Waals surface area contributed by atoms with E-state index >= 15 is 0 Å². The van der Waals surface area contributed by atoms with Crippen LogP contribution < -0.4 is 10.6 Å². The van der Waals surface area contributed by atoms with Gasteiger partial charge in [0.25, 0.3) is 5.91 Å². The van der Waals surface area contributed by atoms with E-state index < -0.39 is 0 Å². The highest BCUT2D eigenvalue weighted by Crippen LogP contribution is 2.13. The third kappa shape index (κ3) is 4.16. The summed E-state index contributed by atoms with van der Waals surface area (Å²) < 4.78 is 5.43. The second kappa shape index (κ2) is 5.55. The van der Waals surface area contributed by atoms with Gasteiger partial charge in [-0.05, 0) is 15.9 Å². The summed E-state index contributed by atoms with van der Waals surface area (Å²) in [5.41, 5.74) is 0.449. The molecule has 0 bridgehead atoms. The van der Waals surface area contributed by atoms with Crippen molar-refractivity contribution in [3.63, 3.8) is 0 Å². The number of nitrogens with one attached hydrogen (secondary N) is 2. The van der Waals surface area contributed by atoms with Crippen LogP contribution in [0.25, 0.3) is 0 Å². The van der Waals surface area contributed by atoms with Crippen LogP contribution in [0.3, 0.4) is 0 Å². The number of carbonyl (C=O) groups excluding carboxylic acids is 2. The van der Waals surface area contributed by atoms with Crippen LogP contribution in [0.2, 0.25) is 0 Å². The van der Waals surface area contributed by atoms with Crippen molar-refractivity contribution < 1.29 is 14.0 Å². The summed E-state index contributed by atoms with van der Waals surface area (Å²) in [5, 5.41) is 5.20. The first kappa shape index (κ1) is 11.8. The van der Waals surface area contributed by atoms with Crippen molar-refractivity contribution in [1.82, 2.24) is 10.6 Å². The molecule has 0 aromatic carbocycles. The van der Waals surface area contributed by atoms with Gasteiger partial charge in [-0.2, -0.15) is 0 Å². The number of rotatable bonds is 4. The molecule has 0 fully saturated rings. The van der Waals surface area contributed by atoms with E-state index in [2.05, 4.69) is 26.6 Å². The Bertz CT molecular complexity index is 362. The molecule has 1 rings (SSSR count). The van der Waals surface area contributed by atoms with Gasteiger partial charge in [0.1, 0.15) is 6.26 Å². The first-order valence-electron chi connectivity index (χ1n) is 4.36. The number of carbonyl (C=O) groups is 2. The van der Waals surface area contributed by atoms with Crippen molar-refractivity contribution in [2.24, 2.45) is 0 Å². The predicted molar refractivity (Wildman–Crippen MR) is 57.4 cm³/mol. The van der Waals surface area contributed by atoms with Crippen molar-refractivity contribution in [3.8, 4) is 0 Å². The molecular formula is C9H11BrN2O3. The van der Waals surface area contributed by atoms with Gasteiger partial charge in [-0.3, -0.25) is 9.59 Å². The van der Waals surface area contributed by atoms with Gasteiger partial charge < -0.3 is 15.1 Å². The van der Waals surface area contributed by atoms with Crippen LogP contribution in [0, 0.1) is 0 Å². The molecule has 0 spiro atoms. The first-order chi connectivity index (χ1) is 7.09. The van der Waals surface area contributed by atoms with Gasteiger partial charge in [0, 0.05) is 26.1 Å². The zero-order chi connectivity index (χ0) is 11.3. The van der Waals surface area contributed by atoms with Crippen molar-refractivity contribution in [2.45, 2.75) is 6.92 Å². The average molecular weight is 275 g/mol. The van der Waals surface area contributed by atoms with E-state index in [-0.39, 0.29) is 11.8 Å². The molecule has 1 aromatic heterocycles. The van der Waals surface area contributed by atoms with Crippen molar-refractivity contribution in [3.05, 3.63) is 22.6 Å². The molecule has 0 radical (unpaired) electrons. The highest BCUT2D eigenvalue weighted by molar-refractivity contribution is 9.10.